The topological polar surface area (TPSA) is 92.3 Å². The van der Waals surface area contributed by atoms with Crippen LogP contribution in [0, 0.1) is 0 Å². The van der Waals surface area contributed by atoms with Crippen LogP contribution in [0.1, 0.15) is 41.2 Å². The van der Waals surface area contributed by atoms with Crippen LogP contribution in [-0.2, 0) is 6.67 Å². The van der Waals surface area contributed by atoms with E-state index in [9.17, 15) is 9.90 Å². The van der Waals surface area contributed by atoms with Gasteiger partial charge in [-0.25, -0.2) is 0 Å². The van der Waals surface area contributed by atoms with Crippen molar-refractivity contribution in [3.05, 3.63) is 84.2 Å². The van der Waals surface area contributed by atoms with Crippen LogP contribution < -0.4 is 4.74 Å². The maximum absolute atomic E-state index is 12.6. The summed E-state index contributed by atoms with van der Waals surface area (Å²) >= 11 is 0. The van der Waals surface area contributed by atoms with Gasteiger partial charge in [-0.15, -0.1) is 10.2 Å². The Morgan fingerprint density at radius 2 is 1.94 bits per heavy atom. The second kappa shape index (κ2) is 10.1. The lowest BCUT2D eigenvalue weighted by Gasteiger charge is -2.36. The minimum atomic E-state index is -0.489. The van der Waals surface area contributed by atoms with E-state index in [0.29, 0.717) is 18.0 Å². The van der Waals surface area contributed by atoms with E-state index >= 15 is 0 Å². The van der Waals surface area contributed by atoms with Crippen LogP contribution in [0.5, 0.6) is 11.6 Å². The Labute approximate surface area is 203 Å². The molecule has 3 heterocycles. The zero-order chi connectivity index (χ0) is 24.2. The standard InChI is InChI=1S/C27H27N5O3/c1-35-21-13-11-19(12-14-21)26(33)30-29-25-22-8-2-3-10-24(22)32(27(25)34)18-31-16-5-4-9-23(31)20-7-6-15-28-17-20/h2-3,6-8,10-15,17,23,34H,4-5,9,16,18H2,1H3. The number of pyridine rings is 1. The highest BCUT2D eigenvalue weighted by Crippen LogP contribution is 2.40. The molecule has 0 radical (unpaired) electrons. The number of nitrogens with zero attached hydrogens (tertiary/aromatic N) is 5. The molecule has 1 saturated heterocycles. The van der Waals surface area contributed by atoms with E-state index in [0.717, 1.165) is 36.7 Å². The number of fused-ring (bicyclic) bond motifs is 1. The molecule has 1 amide bonds. The van der Waals surface area contributed by atoms with Crippen LogP contribution in [0.3, 0.4) is 0 Å². The lowest BCUT2D eigenvalue weighted by Crippen LogP contribution is -2.34. The Morgan fingerprint density at radius 3 is 2.71 bits per heavy atom. The average Bonchev–Trinajstić information content (AvgIpc) is 3.18. The largest absolute Gasteiger partial charge is 0.497 e. The van der Waals surface area contributed by atoms with Crippen molar-refractivity contribution in [1.82, 2.24) is 14.5 Å². The zero-order valence-corrected chi connectivity index (χ0v) is 19.5. The molecule has 1 aliphatic heterocycles. The van der Waals surface area contributed by atoms with E-state index in [1.807, 2.05) is 41.1 Å². The molecule has 0 aliphatic carbocycles. The SMILES string of the molecule is COc1ccc(C(=O)N=Nc2c(O)n(CN3CCCCC3c3cccnc3)c3ccccc23)cc1. The Balaban J connectivity index is 1.45. The van der Waals surface area contributed by atoms with Gasteiger partial charge in [-0.2, -0.15) is 0 Å². The summed E-state index contributed by atoms with van der Waals surface area (Å²) in [6.45, 7) is 1.41. The number of hydrogen-bond donors (Lipinski definition) is 1. The number of hydrogen-bond acceptors (Lipinski definition) is 6. The molecule has 8 nitrogen and oxygen atoms in total. The normalized spacial score (nSPS) is 16.7. The number of carbonyl (C=O) groups excluding carboxylic acids is 1. The van der Waals surface area contributed by atoms with E-state index in [1.54, 1.807) is 37.6 Å². The van der Waals surface area contributed by atoms with E-state index in [2.05, 4.69) is 26.2 Å². The number of piperidine rings is 1. The van der Waals surface area contributed by atoms with Crippen molar-refractivity contribution in [1.29, 1.82) is 0 Å². The summed E-state index contributed by atoms with van der Waals surface area (Å²) in [6, 6.07) is 18.6. The fourth-order valence-corrected chi connectivity index (χ4v) is 4.69. The third-order valence-electron chi connectivity index (χ3n) is 6.50. The van der Waals surface area contributed by atoms with Crippen molar-refractivity contribution in [2.75, 3.05) is 13.7 Å². The Hall–Kier alpha value is -4.04. The van der Waals surface area contributed by atoms with Crippen LogP contribution >= 0.6 is 0 Å². The first-order valence-corrected chi connectivity index (χ1v) is 11.7. The van der Waals surface area contributed by atoms with Crippen molar-refractivity contribution in [2.45, 2.75) is 32.0 Å². The number of ether oxygens (including phenoxy) is 1. The molecule has 8 heteroatoms. The molecule has 2 aromatic heterocycles. The maximum Gasteiger partial charge on any atom is 0.295 e. The van der Waals surface area contributed by atoms with E-state index in [4.69, 9.17) is 4.74 Å². The first kappa shape index (κ1) is 22.7. The predicted molar refractivity (Wildman–Crippen MR) is 133 cm³/mol. The summed E-state index contributed by atoms with van der Waals surface area (Å²) in [6.07, 6.45) is 6.99. The fourth-order valence-electron chi connectivity index (χ4n) is 4.69. The van der Waals surface area contributed by atoms with Gasteiger partial charge in [0.2, 0.25) is 5.88 Å². The highest BCUT2D eigenvalue weighted by atomic mass is 16.5. The number of carbonyl (C=O) groups is 1. The van der Waals surface area contributed by atoms with Crippen molar-refractivity contribution >= 4 is 22.5 Å². The number of para-hydroxylation sites is 1. The molecule has 1 atom stereocenters. The number of aromatic hydroxyl groups is 1. The molecule has 2 aromatic carbocycles. The molecule has 5 rings (SSSR count). The Morgan fingerprint density at radius 1 is 1.11 bits per heavy atom. The zero-order valence-electron chi connectivity index (χ0n) is 19.5. The van der Waals surface area contributed by atoms with Gasteiger partial charge in [0, 0.05) is 35.9 Å². The van der Waals surface area contributed by atoms with Gasteiger partial charge in [-0.1, -0.05) is 30.7 Å². The van der Waals surface area contributed by atoms with E-state index in [1.165, 1.54) is 5.56 Å². The van der Waals surface area contributed by atoms with Gasteiger partial charge in [0.05, 0.1) is 19.3 Å². The van der Waals surface area contributed by atoms with Gasteiger partial charge in [0.1, 0.15) is 5.75 Å². The average molecular weight is 470 g/mol. The molecule has 1 aliphatic rings. The van der Waals surface area contributed by atoms with Crippen molar-refractivity contribution in [3.8, 4) is 11.6 Å². The van der Waals surface area contributed by atoms with Crippen molar-refractivity contribution < 1.29 is 14.6 Å². The molecule has 0 saturated carbocycles. The van der Waals surface area contributed by atoms with E-state index < -0.39 is 5.91 Å². The molecule has 1 fully saturated rings. The van der Waals surface area contributed by atoms with Crippen molar-refractivity contribution in [2.24, 2.45) is 10.2 Å². The highest BCUT2D eigenvalue weighted by molar-refractivity contribution is 5.97. The lowest BCUT2D eigenvalue weighted by molar-refractivity contribution is 0.0995. The second-order valence-electron chi connectivity index (χ2n) is 8.60. The van der Waals surface area contributed by atoms with Crippen LogP contribution in [0.15, 0.2) is 83.3 Å². The molecule has 1 unspecified atom stereocenters. The lowest BCUT2D eigenvalue weighted by atomic mass is 9.97. The monoisotopic (exact) mass is 469 g/mol. The number of amides is 1. The van der Waals surface area contributed by atoms with Crippen LogP contribution in [-0.4, -0.2) is 39.1 Å². The third-order valence-corrected chi connectivity index (χ3v) is 6.50. The van der Waals surface area contributed by atoms with Crippen LogP contribution in [0.25, 0.3) is 10.9 Å². The summed E-state index contributed by atoms with van der Waals surface area (Å²) in [5, 5.41) is 20.0. The van der Waals surface area contributed by atoms with Crippen molar-refractivity contribution in [3.63, 3.8) is 0 Å². The molecule has 4 aromatic rings. The molecule has 178 valence electrons. The number of benzene rings is 2. The second-order valence-corrected chi connectivity index (χ2v) is 8.60. The summed E-state index contributed by atoms with van der Waals surface area (Å²) in [7, 11) is 1.57. The summed E-state index contributed by atoms with van der Waals surface area (Å²) in [4.78, 5) is 19.2. The van der Waals surface area contributed by atoms with Crippen LogP contribution in [0.4, 0.5) is 5.69 Å². The molecule has 0 spiro atoms. The predicted octanol–water partition coefficient (Wildman–Crippen LogP) is 5.86. The minimum absolute atomic E-state index is 0.00649. The number of likely N-dealkylation sites (tertiary alicyclic amines) is 1. The van der Waals surface area contributed by atoms with E-state index in [-0.39, 0.29) is 17.6 Å². The van der Waals surface area contributed by atoms with Gasteiger partial charge >= 0.3 is 0 Å². The number of aromatic nitrogens is 2. The fraction of sp³-hybridized carbons (Fsp3) is 0.259. The van der Waals surface area contributed by atoms with Gasteiger partial charge < -0.3 is 9.84 Å². The minimum Gasteiger partial charge on any atom is -0.497 e. The summed E-state index contributed by atoms with van der Waals surface area (Å²) in [5.74, 6) is 0.158. The number of methoxy groups -OCH3 is 1. The van der Waals surface area contributed by atoms with Gasteiger partial charge in [-0.05, 0) is 54.8 Å². The summed E-state index contributed by atoms with van der Waals surface area (Å²) in [5.41, 5.74) is 2.70. The number of azo groups is 1. The third kappa shape index (κ3) is 4.65. The van der Waals surface area contributed by atoms with Crippen LogP contribution in [0.2, 0.25) is 0 Å². The molecular weight excluding hydrogens is 442 g/mol. The van der Waals surface area contributed by atoms with Gasteiger partial charge in [-0.3, -0.25) is 19.2 Å². The summed E-state index contributed by atoms with van der Waals surface area (Å²) < 4.78 is 6.98. The van der Waals surface area contributed by atoms with Gasteiger partial charge in [0.15, 0.2) is 5.69 Å². The Bertz CT molecular complexity index is 1350. The molecule has 35 heavy (non-hydrogen) atoms. The first-order chi connectivity index (χ1) is 17.2. The molecule has 1 N–H and O–H groups in total. The quantitative estimate of drug-likeness (QED) is 0.357. The van der Waals surface area contributed by atoms with Gasteiger partial charge in [0.25, 0.3) is 5.91 Å². The molecule has 0 bridgehead atoms. The Kier molecular flexibility index (Phi) is 6.54. The smallest absolute Gasteiger partial charge is 0.295 e. The highest BCUT2D eigenvalue weighted by Gasteiger charge is 2.26. The first-order valence-electron chi connectivity index (χ1n) is 11.7. The maximum atomic E-state index is 12.6. The molecular formula is C27H27N5O3. The number of rotatable bonds is 6.